The Morgan fingerprint density at radius 3 is 1.96 bits per heavy atom. The predicted octanol–water partition coefficient (Wildman–Crippen LogP) is 3.86. The topological polar surface area (TPSA) is 57.2 Å². The maximum atomic E-state index is 9.51. The van der Waals surface area contributed by atoms with Gasteiger partial charge in [0, 0.05) is 16.3 Å². The molecule has 1 heterocycles. The van der Waals surface area contributed by atoms with Gasteiger partial charge in [0.25, 0.3) is 0 Å². The SMILES string of the molecule is OCc1nc(CNc2ccccc2)sc1CNc1ccccc1. The zero-order valence-electron chi connectivity index (χ0n) is 12.7. The van der Waals surface area contributed by atoms with Gasteiger partial charge in [0.05, 0.1) is 25.4 Å². The number of aliphatic hydroxyl groups is 1. The lowest BCUT2D eigenvalue weighted by Gasteiger charge is -2.05. The molecule has 0 aliphatic heterocycles. The number of benzene rings is 2. The van der Waals surface area contributed by atoms with Crippen molar-refractivity contribution in [2.45, 2.75) is 19.7 Å². The van der Waals surface area contributed by atoms with Crippen LogP contribution in [0.2, 0.25) is 0 Å². The van der Waals surface area contributed by atoms with Crippen LogP contribution in [0.1, 0.15) is 15.6 Å². The number of nitrogens with zero attached hydrogens (tertiary/aromatic N) is 1. The van der Waals surface area contributed by atoms with E-state index in [1.165, 1.54) is 0 Å². The van der Waals surface area contributed by atoms with E-state index < -0.39 is 0 Å². The van der Waals surface area contributed by atoms with Crippen molar-refractivity contribution < 1.29 is 5.11 Å². The number of hydrogen-bond donors (Lipinski definition) is 3. The van der Waals surface area contributed by atoms with Crippen molar-refractivity contribution in [3.8, 4) is 0 Å². The summed E-state index contributed by atoms with van der Waals surface area (Å²) < 4.78 is 0. The number of aromatic nitrogens is 1. The van der Waals surface area contributed by atoms with Crippen LogP contribution in [0.5, 0.6) is 0 Å². The fraction of sp³-hybridized carbons (Fsp3) is 0.167. The van der Waals surface area contributed by atoms with Crippen LogP contribution in [0.25, 0.3) is 0 Å². The normalized spacial score (nSPS) is 10.5. The molecule has 4 nitrogen and oxygen atoms in total. The number of nitrogens with one attached hydrogen (secondary N) is 2. The summed E-state index contributed by atoms with van der Waals surface area (Å²) in [5.74, 6) is 0. The van der Waals surface area contributed by atoms with Crippen molar-refractivity contribution in [1.29, 1.82) is 0 Å². The highest BCUT2D eigenvalue weighted by Crippen LogP contribution is 2.21. The minimum atomic E-state index is -0.0341. The molecule has 0 aliphatic rings. The predicted molar refractivity (Wildman–Crippen MR) is 95.6 cm³/mol. The maximum absolute atomic E-state index is 9.51. The second-order valence-corrected chi connectivity index (χ2v) is 6.24. The van der Waals surface area contributed by atoms with Crippen molar-refractivity contribution in [2.24, 2.45) is 0 Å². The Hall–Kier alpha value is -2.37. The molecule has 3 aromatic rings. The maximum Gasteiger partial charge on any atom is 0.112 e. The molecule has 0 spiro atoms. The van der Waals surface area contributed by atoms with Gasteiger partial charge in [-0.15, -0.1) is 11.3 Å². The van der Waals surface area contributed by atoms with Crippen molar-refractivity contribution in [2.75, 3.05) is 10.6 Å². The third kappa shape index (κ3) is 4.31. The quantitative estimate of drug-likeness (QED) is 0.617. The van der Waals surface area contributed by atoms with E-state index in [1.807, 2.05) is 60.7 Å². The summed E-state index contributed by atoms with van der Waals surface area (Å²) in [5, 5.41) is 17.2. The van der Waals surface area contributed by atoms with Gasteiger partial charge in [-0.3, -0.25) is 0 Å². The molecule has 0 aliphatic carbocycles. The number of thiazole rings is 1. The molecule has 0 amide bonds. The molecule has 0 bridgehead atoms. The molecule has 3 rings (SSSR count). The van der Waals surface area contributed by atoms with E-state index in [9.17, 15) is 5.11 Å². The molecule has 3 N–H and O–H groups in total. The van der Waals surface area contributed by atoms with E-state index in [0.29, 0.717) is 13.1 Å². The summed E-state index contributed by atoms with van der Waals surface area (Å²) in [6.07, 6.45) is 0. The Kier molecular flexibility index (Phi) is 5.24. The number of aliphatic hydroxyl groups excluding tert-OH is 1. The molecule has 0 radical (unpaired) electrons. The molecule has 2 aromatic carbocycles. The van der Waals surface area contributed by atoms with Crippen LogP contribution in [-0.2, 0) is 19.7 Å². The Morgan fingerprint density at radius 1 is 0.826 bits per heavy atom. The van der Waals surface area contributed by atoms with E-state index >= 15 is 0 Å². The Morgan fingerprint density at radius 2 is 1.39 bits per heavy atom. The summed E-state index contributed by atoms with van der Waals surface area (Å²) in [7, 11) is 0. The van der Waals surface area contributed by atoms with Crippen LogP contribution in [0, 0.1) is 0 Å². The van der Waals surface area contributed by atoms with Gasteiger partial charge in [0.15, 0.2) is 0 Å². The molecule has 0 saturated carbocycles. The third-order valence-electron chi connectivity index (χ3n) is 3.42. The third-order valence-corrected chi connectivity index (χ3v) is 4.51. The molecular weight excluding hydrogens is 306 g/mol. The number of hydrogen-bond acceptors (Lipinski definition) is 5. The molecule has 23 heavy (non-hydrogen) atoms. The van der Waals surface area contributed by atoms with Crippen molar-refractivity contribution in [3.05, 3.63) is 76.2 Å². The monoisotopic (exact) mass is 325 g/mol. The van der Waals surface area contributed by atoms with Gasteiger partial charge in [-0.05, 0) is 24.3 Å². The summed E-state index contributed by atoms with van der Waals surface area (Å²) in [4.78, 5) is 5.59. The first-order valence-corrected chi connectivity index (χ1v) is 8.33. The van der Waals surface area contributed by atoms with Crippen LogP contribution < -0.4 is 10.6 Å². The first kappa shape index (κ1) is 15.5. The lowest BCUT2D eigenvalue weighted by atomic mass is 10.3. The highest BCUT2D eigenvalue weighted by molar-refractivity contribution is 7.11. The average Bonchev–Trinajstić information content (AvgIpc) is 3.02. The fourth-order valence-electron chi connectivity index (χ4n) is 2.25. The Balaban J connectivity index is 1.63. The van der Waals surface area contributed by atoms with Gasteiger partial charge >= 0.3 is 0 Å². The van der Waals surface area contributed by atoms with Crippen LogP contribution in [0.15, 0.2) is 60.7 Å². The largest absolute Gasteiger partial charge is 0.390 e. The molecule has 0 saturated heterocycles. The van der Waals surface area contributed by atoms with E-state index in [1.54, 1.807) is 11.3 Å². The molecule has 0 unspecified atom stereocenters. The van der Waals surface area contributed by atoms with Gasteiger partial charge in [-0.2, -0.15) is 0 Å². The number of anilines is 2. The zero-order chi connectivity index (χ0) is 15.9. The minimum absolute atomic E-state index is 0.0341. The van der Waals surface area contributed by atoms with Gasteiger partial charge in [-0.1, -0.05) is 36.4 Å². The van der Waals surface area contributed by atoms with Crippen molar-refractivity contribution in [1.82, 2.24) is 4.98 Å². The number of rotatable bonds is 7. The average molecular weight is 325 g/mol. The smallest absolute Gasteiger partial charge is 0.112 e. The second-order valence-electron chi connectivity index (χ2n) is 5.07. The second kappa shape index (κ2) is 7.76. The minimum Gasteiger partial charge on any atom is -0.390 e. The standard InChI is InChI=1S/C18H19N3OS/c22-13-16-17(11-19-14-7-3-1-4-8-14)23-18(21-16)12-20-15-9-5-2-6-10-15/h1-10,19-20,22H,11-13H2. The lowest BCUT2D eigenvalue weighted by molar-refractivity contribution is 0.276. The molecule has 0 fully saturated rings. The lowest BCUT2D eigenvalue weighted by Crippen LogP contribution is -2.00. The van der Waals surface area contributed by atoms with E-state index in [2.05, 4.69) is 15.6 Å². The first-order valence-electron chi connectivity index (χ1n) is 7.51. The summed E-state index contributed by atoms with van der Waals surface area (Å²) in [6, 6.07) is 20.1. The van der Waals surface area contributed by atoms with Gasteiger partial charge in [0.2, 0.25) is 0 Å². The Bertz CT molecular complexity index is 729. The summed E-state index contributed by atoms with van der Waals surface area (Å²) >= 11 is 1.63. The highest BCUT2D eigenvalue weighted by Gasteiger charge is 2.10. The van der Waals surface area contributed by atoms with Crippen LogP contribution in [-0.4, -0.2) is 10.1 Å². The van der Waals surface area contributed by atoms with Crippen molar-refractivity contribution >= 4 is 22.7 Å². The van der Waals surface area contributed by atoms with E-state index in [4.69, 9.17) is 0 Å². The zero-order valence-corrected chi connectivity index (χ0v) is 13.5. The van der Waals surface area contributed by atoms with Gasteiger partial charge < -0.3 is 15.7 Å². The first-order chi connectivity index (χ1) is 11.3. The van der Waals surface area contributed by atoms with Gasteiger partial charge in [0.1, 0.15) is 5.01 Å². The van der Waals surface area contributed by atoms with E-state index in [0.717, 1.165) is 27.0 Å². The molecule has 5 heteroatoms. The highest BCUT2D eigenvalue weighted by atomic mass is 32.1. The van der Waals surface area contributed by atoms with E-state index in [-0.39, 0.29) is 6.61 Å². The molecule has 1 aromatic heterocycles. The van der Waals surface area contributed by atoms with Gasteiger partial charge in [-0.25, -0.2) is 4.98 Å². The van der Waals surface area contributed by atoms with Crippen LogP contribution in [0.4, 0.5) is 11.4 Å². The Labute approximate surface area is 139 Å². The van der Waals surface area contributed by atoms with Crippen LogP contribution in [0.3, 0.4) is 0 Å². The molecule has 118 valence electrons. The molecular formula is C18H19N3OS. The number of para-hydroxylation sites is 2. The fourth-order valence-corrected chi connectivity index (χ4v) is 3.20. The summed E-state index contributed by atoms with van der Waals surface area (Å²) in [5.41, 5.74) is 2.88. The van der Waals surface area contributed by atoms with Crippen LogP contribution >= 0.6 is 11.3 Å². The summed E-state index contributed by atoms with van der Waals surface area (Å²) in [6.45, 7) is 1.30. The van der Waals surface area contributed by atoms with Crippen molar-refractivity contribution in [3.63, 3.8) is 0 Å². The molecule has 0 atom stereocenters.